The van der Waals surface area contributed by atoms with E-state index in [0.717, 1.165) is 44.8 Å². The van der Waals surface area contributed by atoms with E-state index in [1.54, 1.807) is 0 Å². The van der Waals surface area contributed by atoms with Crippen LogP contribution in [0.25, 0.3) is 0 Å². The molecule has 1 fully saturated rings. The normalized spacial score (nSPS) is 15.6. The predicted octanol–water partition coefficient (Wildman–Crippen LogP) is 4.51. The third-order valence-corrected chi connectivity index (χ3v) is 3.83. The lowest BCUT2D eigenvalue weighted by Crippen LogP contribution is -2.27. The van der Waals surface area contributed by atoms with Gasteiger partial charge in [0.25, 0.3) is 0 Å². The summed E-state index contributed by atoms with van der Waals surface area (Å²) >= 11 is 0. The van der Waals surface area contributed by atoms with Crippen LogP contribution in [0, 0.1) is 5.92 Å². The van der Waals surface area contributed by atoms with Gasteiger partial charge in [-0.15, -0.1) is 0 Å². The standard InChI is InChI=1S/C16H30O2/c1-2-3-4-5-6-7-11-16(17)12-9-8-10-15-13-18-14-15/h15H,2-14H2,1H3. The summed E-state index contributed by atoms with van der Waals surface area (Å²) < 4.78 is 5.14. The average molecular weight is 254 g/mol. The number of hydrogen-bond donors (Lipinski definition) is 0. The molecule has 2 heteroatoms. The van der Waals surface area contributed by atoms with Crippen molar-refractivity contribution in [1.82, 2.24) is 0 Å². The van der Waals surface area contributed by atoms with E-state index >= 15 is 0 Å². The Morgan fingerprint density at radius 1 is 0.944 bits per heavy atom. The van der Waals surface area contributed by atoms with Crippen LogP contribution in [-0.4, -0.2) is 19.0 Å². The number of hydrogen-bond acceptors (Lipinski definition) is 2. The third-order valence-electron chi connectivity index (χ3n) is 3.83. The van der Waals surface area contributed by atoms with Crippen molar-refractivity contribution in [2.45, 2.75) is 77.6 Å². The Balaban J connectivity index is 1.78. The van der Waals surface area contributed by atoms with Crippen molar-refractivity contribution in [2.75, 3.05) is 13.2 Å². The van der Waals surface area contributed by atoms with Crippen LogP contribution in [-0.2, 0) is 9.53 Å². The predicted molar refractivity (Wildman–Crippen MR) is 75.8 cm³/mol. The van der Waals surface area contributed by atoms with Crippen molar-refractivity contribution in [1.29, 1.82) is 0 Å². The maximum Gasteiger partial charge on any atom is 0.132 e. The average Bonchev–Trinajstić information content (AvgIpc) is 2.31. The zero-order valence-electron chi connectivity index (χ0n) is 12.1. The number of carbonyl (C=O) groups excluding carboxylic acids is 1. The number of ether oxygens (including phenoxy) is 1. The molecule has 0 bridgehead atoms. The van der Waals surface area contributed by atoms with Gasteiger partial charge in [0.05, 0.1) is 13.2 Å². The van der Waals surface area contributed by atoms with E-state index in [1.807, 2.05) is 0 Å². The summed E-state index contributed by atoms with van der Waals surface area (Å²) in [4.78, 5) is 11.6. The SMILES string of the molecule is CCCCCCCCC(=O)CCCCC1COC1. The molecular formula is C16H30O2. The molecule has 0 aromatic heterocycles. The molecule has 0 saturated carbocycles. The van der Waals surface area contributed by atoms with Gasteiger partial charge in [0.2, 0.25) is 0 Å². The van der Waals surface area contributed by atoms with Gasteiger partial charge < -0.3 is 4.74 Å². The summed E-state index contributed by atoms with van der Waals surface area (Å²) in [5, 5.41) is 0. The molecule has 0 spiro atoms. The first-order chi connectivity index (χ1) is 8.83. The van der Waals surface area contributed by atoms with Gasteiger partial charge in [0, 0.05) is 18.8 Å². The molecule has 0 unspecified atom stereocenters. The lowest BCUT2D eigenvalue weighted by Gasteiger charge is -2.25. The van der Waals surface area contributed by atoms with E-state index in [4.69, 9.17) is 4.74 Å². The fraction of sp³-hybridized carbons (Fsp3) is 0.938. The quantitative estimate of drug-likeness (QED) is 0.479. The van der Waals surface area contributed by atoms with Crippen LogP contribution in [0.3, 0.4) is 0 Å². The Morgan fingerprint density at radius 2 is 1.56 bits per heavy atom. The van der Waals surface area contributed by atoms with Crippen LogP contribution in [0.15, 0.2) is 0 Å². The lowest BCUT2D eigenvalue weighted by molar-refractivity contribution is -0.119. The molecule has 2 nitrogen and oxygen atoms in total. The van der Waals surface area contributed by atoms with Gasteiger partial charge in [-0.2, -0.15) is 0 Å². The van der Waals surface area contributed by atoms with E-state index in [-0.39, 0.29) is 0 Å². The van der Waals surface area contributed by atoms with Crippen LogP contribution in [0.5, 0.6) is 0 Å². The number of Topliss-reactive ketones (excluding diaryl/α,β-unsaturated/α-hetero) is 1. The fourth-order valence-electron chi connectivity index (χ4n) is 2.43. The van der Waals surface area contributed by atoms with E-state index in [0.29, 0.717) is 5.78 Å². The highest BCUT2D eigenvalue weighted by Gasteiger charge is 2.17. The van der Waals surface area contributed by atoms with Crippen molar-refractivity contribution in [3.8, 4) is 0 Å². The second-order valence-electron chi connectivity index (χ2n) is 5.71. The summed E-state index contributed by atoms with van der Waals surface area (Å²) in [6, 6.07) is 0. The maximum atomic E-state index is 11.6. The minimum Gasteiger partial charge on any atom is -0.381 e. The van der Waals surface area contributed by atoms with Gasteiger partial charge in [0.1, 0.15) is 5.78 Å². The number of carbonyl (C=O) groups is 1. The van der Waals surface area contributed by atoms with Crippen molar-refractivity contribution in [3.05, 3.63) is 0 Å². The molecule has 1 aliphatic rings. The van der Waals surface area contributed by atoms with Crippen molar-refractivity contribution >= 4 is 5.78 Å². The molecule has 1 heterocycles. The van der Waals surface area contributed by atoms with Crippen LogP contribution >= 0.6 is 0 Å². The first kappa shape index (κ1) is 15.7. The molecule has 0 aliphatic carbocycles. The third kappa shape index (κ3) is 7.86. The first-order valence-corrected chi connectivity index (χ1v) is 7.92. The minimum absolute atomic E-state index is 0.482. The monoisotopic (exact) mass is 254 g/mol. The van der Waals surface area contributed by atoms with Crippen LogP contribution < -0.4 is 0 Å². The Morgan fingerprint density at radius 3 is 2.17 bits per heavy atom. The van der Waals surface area contributed by atoms with Gasteiger partial charge in [-0.25, -0.2) is 0 Å². The highest BCUT2D eigenvalue weighted by atomic mass is 16.5. The second-order valence-corrected chi connectivity index (χ2v) is 5.71. The van der Waals surface area contributed by atoms with Gasteiger partial charge in [-0.3, -0.25) is 4.79 Å². The summed E-state index contributed by atoms with van der Waals surface area (Å²) in [6.07, 6.45) is 12.8. The number of ketones is 1. The first-order valence-electron chi connectivity index (χ1n) is 7.92. The molecule has 0 aromatic carbocycles. The van der Waals surface area contributed by atoms with Crippen molar-refractivity contribution in [3.63, 3.8) is 0 Å². The van der Waals surface area contributed by atoms with Crippen LogP contribution in [0.1, 0.15) is 77.6 Å². The van der Waals surface area contributed by atoms with Crippen LogP contribution in [0.2, 0.25) is 0 Å². The maximum absolute atomic E-state index is 11.6. The molecule has 1 aliphatic heterocycles. The van der Waals surface area contributed by atoms with Gasteiger partial charge in [0.15, 0.2) is 0 Å². The number of unbranched alkanes of at least 4 members (excludes halogenated alkanes) is 6. The fourth-order valence-corrected chi connectivity index (χ4v) is 2.43. The highest BCUT2D eigenvalue weighted by molar-refractivity contribution is 5.78. The number of rotatable bonds is 12. The molecule has 0 radical (unpaired) electrons. The molecule has 0 N–H and O–H groups in total. The van der Waals surface area contributed by atoms with Crippen molar-refractivity contribution < 1.29 is 9.53 Å². The van der Waals surface area contributed by atoms with E-state index in [1.165, 1.54) is 44.9 Å². The summed E-state index contributed by atoms with van der Waals surface area (Å²) in [6.45, 7) is 4.14. The molecular weight excluding hydrogens is 224 g/mol. The lowest BCUT2D eigenvalue weighted by atomic mass is 9.98. The summed E-state index contributed by atoms with van der Waals surface area (Å²) in [7, 11) is 0. The molecule has 0 amide bonds. The molecule has 1 saturated heterocycles. The van der Waals surface area contributed by atoms with E-state index < -0.39 is 0 Å². The topological polar surface area (TPSA) is 26.3 Å². The largest absolute Gasteiger partial charge is 0.381 e. The molecule has 0 aromatic rings. The summed E-state index contributed by atoms with van der Waals surface area (Å²) in [5.41, 5.74) is 0. The Kier molecular flexibility index (Phi) is 9.19. The second kappa shape index (κ2) is 10.5. The van der Waals surface area contributed by atoms with Crippen molar-refractivity contribution in [2.24, 2.45) is 5.92 Å². The molecule has 1 rings (SSSR count). The highest BCUT2D eigenvalue weighted by Crippen LogP contribution is 2.18. The van der Waals surface area contributed by atoms with E-state index in [2.05, 4.69) is 6.92 Å². The van der Waals surface area contributed by atoms with Crippen LogP contribution in [0.4, 0.5) is 0 Å². The van der Waals surface area contributed by atoms with Gasteiger partial charge in [-0.1, -0.05) is 45.4 Å². The Labute approximate surface area is 112 Å². The Bertz CT molecular complexity index is 209. The van der Waals surface area contributed by atoms with Gasteiger partial charge in [-0.05, 0) is 19.3 Å². The summed E-state index contributed by atoms with van der Waals surface area (Å²) in [5.74, 6) is 1.27. The van der Waals surface area contributed by atoms with Gasteiger partial charge >= 0.3 is 0 Å². The molecule has 0 atom stereocenters. The zero-order valence-corrected chi connectivity index (χ0v) is 12.1. The Hall–Kier alpha value is -0.370. The minimum atomic E-state index is 0.482. The van der Waals surface area contributed by atoms with E-state index in [9.17, 15) is 4.79 Å². The molecule has 18 heavy (non-hydrogen) atoms. The smallest absolute Gasteiger partial charge is 0.132 e. The zero-order chi connectivity index (χ0) is 13.1. The molecule has 106 valence electrons.